The number of hydrogen-bond donors (Lipinski definition) is 3. The predicted molar refractivity (Wildman–Crippen MR) is 99.1 cm³/mol. The lowest BCUT2D eigenvalue weighted by Crippen LogP contribution is -2.34. The van der Waals surface area contributed by atoms with Gasteiger partial charge in [-0.3, -0.25) is 9.36 Å². The van der Waals surface area contributed by atoms with Crippen LogP contribution in [0.2, 0.25) is 0 Å². The second kappa shape index (κ2) is 7.81. The Balaban J connectivity index is 1.45. The first-order valence-corrected chi connectivity index (χ1v) is 10.2. The average Bonchev–Trinajstić information content (AvgIpc) is 3.28. The SMILES string of the molecule is O=C(OC[C@H]1O[C@@H](n2cnc3c(=O)[nH]cnc32)[C@H](O)[C@@H]1O)c1ccc(S(=O)(=O)F)cc1. The van der Waals surface area contributed by atoms with E-state index in [-0.39, 0.29) is 16.7 Å². The second-order valence-corrected chi connectivity index (χ2v) is 8.01. The number of hydrogen-bond acceptors (Lipinski definition) is 10. The first-order valence-electron chi connectivity index (χ1n) is 8.80. The normalized spacial score (nSPS) is 23.8. The van der Waals surface area contributed by atoms with Crippen molar-refractivity contribution in [3.63, 3.8) is 0 Å². The van der Waals surface area contributed by atoms with Gasteiger partial charge in [0.2, 0.25) is 0 Å². The van der Waals surface area contributed by atoms with E-state index in [1.54, 1.807) is 0 Å². The summed E-state index contributed by atoms with van der Waals surface area (Å²) in [5.41, 5.74) is -0.406. The Kier molecular flexibility index (Phi) is 5.30. The zero-order valence-electron chi connectivity index (χ0n) is 15.5. The number of esters is 1. The van der Waals surface area contributed by atoms with Crippen LogP contribution in [-0.4, -0.2) is 69.0 Å². The number of nitrogens with one attached hydrogen (secondary N) is 1. The number of aromatic nitrogens is 4. The van der Waals surface area contributed by atoms with Crippen molar-refractivity contribution in [2.45, 2.75) is 29.4 Å². The molecule has 4 rings (SSSR count). The van der Waals surface area contributed by atoms with E-state index in [1.807, 2.05) is 0 Å². The number of H-pyrrole nitrogens is 1. The minimum absolute atomic E-state index is 0.0152. The van der Waals surface area contributed by atoms with E-state index in [0.717, 1.165) is 30.6 Å². The molecule has 3 aromatic rings. The standard InChI is InChI=1S/C17H15FN4O8S/c18-31(27,28)9-3-1-8(2-4-9)17(26)29-5-10-12(23)13(24)16(30-10)22-7-21-11-14(22)19-6-20-15(11)25/h1-4,6-7,10,12-13,16,23-24H,5H2,(H,19,20,25)/t10-,12-,13-,16-/m1/s1. The fourth-order valence-corrected chi connectivity index (χ4v) is 3.60. The Labute approximate surface area is 173 Å². The van der Waals surface area contributed by atoms with Crippen molar-refractivity contribution in [1.29, 1.82) is 0 Å². The topological polar surface area (TPSA) is 174 Å². The number of carbonyl (C=O) groups excluding carboxylic acids is 1. The Morgan fingerprint density at radius 3 is 2.61 bits per heavy atom. The van der Waals surface area contributed by atoms with Crippen LogP contribution in [0.1, 0.15) is 16.6 Å². The Morgan fingerprint density at radius 1 is 1.23 bits per heavy atom. The Morgan fingerprint density at radius 2 is 1.94 bits per heavy atom. The molecule has 3 N–H and O–H groups in total. The molecule has 0 unspecified atom stereocenters. The predicted octanol–water partition coefficient (Wildman–Crippen LogP) is -0.746. The quantitative estimate of drug-likeness (QED) is 0.329. The smallest absolute Gasteiger partial charge is 0.338 e. The van der Waals surface area contributed by atoms with Gasteiger partial charge >= 0.3 is 16.2 Å². The minimum atomic E-state index is -4.90. The molecule has 31 heavy (non-hydrogen) atoms. The van der Waals surface area contributed by atoms with Crippen LogP contribution >= 0.6 is 0 Å². The highest BCUT2D eigenvalue weighted by atomic mass is 32.3. The van der Waals surface area contributed by atoms with Crippen LogP contribution in [0.4, 0.5) is 3.89 Å². The first-order chi connectivity index (χ1) is 14.7. The van der Waals surface area contributed by atoms with Crippen molar-refractivity contribution in [3.05, 3.63) is 52.8 Å². The third kappa shape index (κ3) is 3.93. The second-order valence-electron chi connectivity index (χ2n) is 6.66. The lowest BCUT2D eigenvalue weighted by molar-refractivity contribution is -0.0565. The summed E-state index contributed by atoms with van der Waals surface area (Å²) in [5, 5.41) is 20.6. The van der Waals surface area contributed by atoms with Crippen LogP contribution in [0.5, 0.6) is 0 Å². The number of aliphatic hydroxyl groups excluding tert-OH is 2. The van der Waals surface area contributed by atoms with Crippen molar-refractivity contribution < 1.29 is 36.8 Å². The number of benzene rings is 1. The molecule has 0 saturated carbocycles. The van der Waals surface area contributed by atoms with Gasteiger partial charge in [0.05, 0.1) is 23.1 Å². The molecule has 0 bridgehead atoms. The summed E-state index contributed by atoms with van der Waals surface area (Å²) in [4.78, 5) is 33.6. The molecule has 1 saturated heterocycles. The van der Waals surface area contributed by atoms with E-state index >= 15 is 0 Å². The first kappa shape index (κ1) is 21.0. The van der Waals surface area contributed by atoms with Gasteiger partial charge in [0.1, 0.15) is 24.9 Å². The maximum atomic E-state index is 12.9. The van der Waals surface area contributed by atoms with Crippen molar-refractivity contribution in [1.82, 2.24) is 19.5 Å². The highest BCUT2D eigenvalue weighted by Crippen LogP contribution is 2.31. The number of aliphatic hydroxyl groups is 2. The number of nitrogens with zero attached hydrogens (tertiary/aromatic N) is 3. The number of halogens is 1. The molecule has 1 fully saturated rings. The molecule has 3 heterocycles. The number of fused-ring (bicyclic) bond motifs is 1. The summed E-state index contributed by atoms with van der Waals surface area (Å²) in [6.45, 7) is -0.447. The maximum absolute atomic E-state index is 12.9. The van der Waals surface area contributed by atoms with Crippen molar-refractivity contribution >= 4 is 27.4 Å². The Bertz CT molecular complexity index is 1290. The van der Waals surface area contributed by atoms with Crippen molar-refractivity contribution in [2.24, 2.45) is 0 Å². The average molecular weight is 454 g/mol. The lowest BCUT2D eigenvalue weighted by atomic mass is 10.1. The molecule has 1 aromatic carbocycles. The summed E-state index contributed by atoms with van der Waals surface area (Å²) in [6, 6.07) is 3.95. The minimum Gasteiger partial charge on any atom is -0.459 e. The maximum Gasteiger partial charge on any atom is 0.338 e. The van der Waals surface area contributed by atoms with Gasteiger partial charge in [-0.15, -0.1) is 3.89 Å². The van der Waals surface area contributed by atoms with Crippen LogP contribution in [0.15, 0.2) is 46.6 Å². The molecule has 14 heteroatoms. The number of ether oxygens (including phenoxy) is 2. The van der Waals surface area contributed by atoms with Gasteiger partial charge < -0.3 is 24.7 Å². The van der Waals surface area contributed by atoms with E-state index in [2.05, 4.69) is 15.0 Å². The highest BCUT2D eigenvalue weighted by molar-refractivity contribution is 7.86. The fraction of sp³-hybridized carbons (Fsp3) is 0.294. The van der Waals surface area contributed by atoms with Crippen LogP contribution in [0.25, 0.3) is 11.2 Å². The summed E-state index contributed by atoms with van der Waals surface area (Å²) in [6.07, 6.45) is -2.75. The number of carbonyl (C=O) groups is 1. The van der Waals surface area contributed by atoms with Crippen LogP contribution < -0.4 is 5.56 Å². The molecule has 0 radical (unpaired) electrons. The van der Waals surface area contributed by atoms with Crippen molar-refractivity contribution in [3.8, 4) is 0 Å². The van der Waals surface area contributed by atoms with Crippen LogP contribution in [0, 0.1) is 0 Å². The molecule has 4 atom stereocenters. The number of rotatable bonds is 5. The molecule has 0 aliphatic carbocycles. The molecule has 12 nitrogen and oxygen atoms in total. The van der Waals surface area contributed by atoms with E-state index in [4.69, 9.17) is 9.47 Å². The van der Waals surface area contributed by atoms with E-state index < -0.39 is 57.8 Å². The third-order valence-corrected chi connectivity index (χ3v) is 5.56. The molecular formula is C17H15FN4O8S. The van der Waals surface area contributed by atoms with Gasteiger partial charge in [-0.1, -0.05) is 0 Å². The Hall–Kier alpha value is -3.20. The largest absolute Gasteiger partial charge is 0.459 e. The van der Waals surface area contributed by atoms with Gasteiger partial charge in [-0.2, -0.15) is 8.42 Å². The zero-order valence-corrected chi connectivity index (χ0v) is 16.3. The molecule has 2 aromatic heterocycles. The summed E-state index contributed by atoms with van der Waals surface area (Å²) < 4.78 is 46.5. The van der Waals surface area contributed by atoms with Gasteiger partial charge in [-0.05, 0) is 24.3 Å². The zero-order chi connectivity index (χ0) is 22.3. The molecule has 0 spiro atoms. The number of aromatic amines is 1. The van der Waals surface area contributed by atoms with E-state index in [0.29, 0.717) is 0 Å². The van der Waals surface area contributed by atoms with Gasteiger partial charge in [0.25, 0.3) is 5.56 Å². The number of imidazole rings is 1. The van der Waals surface area contributed by atoms with Gasteiger partial charge in [0, 0.05) is 0 Å². The van der Waals surface area contributed by atoms with Gasteiger partial charge in [-0.25, -0.2) is 14.8 Å². The lowest BCUT2D eigenvalue weighted by Gasteiger charge is -2.16. The fourth-order valence-electron chi connectivity index (χ4n) is 3.14. The van der Waals surface area contributed by atoms with Crippen LogP contribution in [0.3, 0.4) is 0 Å². The molecule has 0 amide bonds. The monoisotopic (exact) mass is 454 g/mol. The summed E-state index contributed by atoms with van der Waals surface area (Å²) >= 11 is 0. The third-order valence-electron chi connectivity index (χ3n) is 4.73. The van der Waals surface area contributed by atoms with E-state index in [9.17, 15) is 32.1 Å². The van der Waals surface area contributed by atoms with Crippen LogP contribution in [-0.2, 0) is 19.7 Å². The molecular weight excluding hydrogens is 439 g/mol. The molecule has 1 aliphatic rings. The van der Waals surface area contributed by atoms with Crippen molar-refractivity contribution in [2.75, 3.05) is 6.61 Å². The summed E-state index contributed by atoms with van der Waals surface area (Å²) in [5.74, 6) is -0.877. The van der Waals surface area contributed by atoms with Gasteiger partial charge in [0.15, 0.2) is 17.4 Å². The molecule has 1 aliphatic heterocycles. The van der Waals surface area contributed by atoms with E-state index in [1.165, 1.54) is 10.9 Å². The summed E-state index contributed by atoms with van der Waals surface area (Å²) in [7, 11) is -4.90. The molecule has 164 valence electrons. The highest BCUT2D eigenvalue weighted by Gasteiger charge is 2.45.